The molecule has 1 rings (SSSR count). The van der Waals surface area contributed by atoms with Crippen LogP contribution < -0.4 is 10.6 Å². The van der Waals surface area contributed by atoms with Crippen molar-refractivity contribution in [3.8, 4) is 6.07 Å². The minimum absolute atomic E-state index is 0.148. The van der Waals surface area contributed by atoms with Gasteiger partial charge in [-0.25, -0.2) is 8.42 Å². The van der Waals surface area contributed by atoms with E-state index in [1.54, 1.807) is 13.0 Å². The van der Waals surface area contributed by atoms with Gasteiger partial charge in [0.1, 0.15) is 28.5 Å². The minimum atomic E-state index is -4.75. The molecule has 1 amide bonds. The molecule has 138 valence electrons. The van der Waals surface area contributed by atoms with Gasteiger partial charge in [-0.05, 0) is 12.5 Å². The van der Waals surface area contributed by atoms with E-state index in [2.05, 4.69) is 10.6 Å². The van der Waals surface area contributed by atoms with Gasteiger partial charge in [-0.2, -0.15) is 18.4 Å². The summed E-state index contributed by atoms with van der Waals surface area (Å²) in [6.07, 6.45) is -3.94. The van der Waals surface area contributed by atoms with E-state index >= 15 is 0 Å². The first-order valence-electron chi connectivity index (χ1n) is 7.16. The standard InChI is InChI=1S/C15H18F3N3O3S/c1-10-3-5-11(6-4-10)13(15(16,17)18)21-12(9-25(2,23)24)14(22)20-8-7-19/h3-6,12-13,21H,8-9H2,1-2H3,(H,20,22). The van der Waals surface area contributed by atoms with Crippen molar-refractivity contribution in [2.75, 3.05) is 18.6 Å². The number of hydrogen-bond acceptors (Lipinski definition) is 5. The molecular formula is C15H18F3N3O3S. The van der Waals surface area contributed by atoms with Crippen LogP contribution in [0.2, 0.25) is 0 Å². The van der Waals surface area contributed by atoms with Crippen molar-refractivity contribution in [1.82, 2.24) is 10.6 Å². The van der Waals surface area contributed by atoms with E-state index in [1.165, 1.54) is 24.3 Å². The van der Waals surface area contributed by atoms with Crippen LogP contribution in [0.15, 0.2) is 24.3 Å². The number of nitrogens with zero attached hydrogens (tertiary/aromatic N) is 1. The third-order valence-corrected chi connectivity index (χ3v) is 4.17. The largest absolute Gasteiger partial charge is 0.407 e. The number of benzene rings is 1. The van der Waals surface area contributed by atoms with Gasteiger partial charge in [0, 0.05) is 6.26 Å². The van der Waals surface area contributed by atoms with E-state index < -0.39 is 46.3 Å². The zero-order valence-corrected chi connectivity index (χ0v) is 14.4. The van der Waals surface area contributed by atoms with Gasteiger partial charge in [-0.3, -0.25) is 10.1 Å². The Hall–Kier alpha value is -2.12. The molecule has 0 fully saturated rings. The Morgan fingerprint density at radius 1 is 1.28 bits per heavy atom. The molecule has 0 radical (unpaired) electrons. The Morgan fingerprint density at radius 2 is 1.84 bits per heavy atom. The molecule has 0 heterocycles. The fourth-order valence-corrected chi connectivity index (χ4v) is 2.94. The first-order chi connectivity index (χ1) is 11.4. The number of aryl methyl sites for hydroxylation is 1. The summed E-state index contributed by atoms with van der Waals surface area (Å²) in [4.78, 5) is 12.0. The van der Waals surface area contributed by atoms with Gasteiger partial charge in [-0.15, -0.1) is 0 Å². The predicted molar refractivity (Wildman–Crippen MR) is 85.2 cm³/mol. The molecule has 6 nitrogen and oxygen atoms in total. The first-order valence-corrected chi connectivity index (χ1v) is 9.22. The van der Waals surface area contributed by atoms with Crippen molar-refractivity contribution in [2.45, 2.75) is 25.2 Å². The lowest BCUT2D eigenvalue weighted by Crippen LogP contribution is -2.52. The smallest absolute Gasteiger partial charge is 0.342 e. The van der Waals surface area contributed by atoms with Crippen molar-refractivity contribution in [1.29, 1.82) is 5.26 Å². The Balaban J connectivity index is 3.15. The van der Waals surface area contributed by atoms with Crippen LogP contribution in [0.25, 0.3) is 0 Å². The molecule has 1 aromatic rings. The van der Waals surface area contributed by atoms with E-state index in [0.717, 1.165) is 11.8 Å². The molecule has 0 bridgehead atoms. The number of alkyl halides is 3. The van der Waals surface area contributed by atoms with Crippen LogP contribution in [0.1, 0.15) is 17.2 Å². The summed E-state index contributed by atoms with van der Waals surface area (Å²) in [6, 6.07) is 3.20. The van der Waals surface area contributed by atoms with Crippen molar-refractivity contribution in [3.05, 3.63) is 35.4 Å². The lowest BCUT2D eigenvalue weighted by Gasteiger charge is -2.27. The second-order valence-electron chi connectivity index (χ2n) is 5.57. The van der Waals surface area contributed by atoms with E-state index in [0.29, 0.717) is 0 Å². The fourth-order valence-electron chi connectivity index (χ4n) is 2.09. The zero-order valence-electron chi connectivity index (χ0n) is 13.6. The van der Waals surface area contributed by atoms with Crippen LogP contribution in [0.5, 0.6) is 0 Å². The molecule has 0 aromatic heterocycles. The molecule has 2 N–H and O–H groups in total. The molecule has 10 heteroatoms. The van der Waals surface area contributed by atoms with Crippen LogP contribution in [0.3, 0.4) is 0 Å². The number of nitriles is 1. The number of halogens is 3. The highest BCUT2D eigenvalue weighted by molar-refractivity contribution is 7.90. The number of nitrogens with one attached hydrogen (secondary N) is 2. The minimum Gasteiger partial charge on any atom is -0.342 e. The summed E-state index contributed by atoms with van der Waals surface area (Å²) >= 11 is 0. The van der Waals surface area contributed by atoms with E-state index in [9.17, 15) is 26.4 Å². The van der Waals surface area contributed by atoms with Gasteiger partial charge in [0.05, 0.1) is 11.8 Å². The molecule has 1 aromatic carbocycles. The highest BCUT2D eigenvalue weighted by Crippen LogP contribution is 2.33. The average molecular weight is 377 g/mol. The quantitative estimate of drug-likeness (QED) is 0.697. The monoisotopic (exact) mass is 377 g/mol. The molecule has 25 heavy (non-hydrogen) atoms. The summed E-state index contributed by atoms with van der Waals surface area (Å²) in [7, 11) is -3.75. The van der Waals surface area contributed by atoms with Crippen LogP contribution in [0.4, 0.5) is 13.2 Å². The first kappa shape index (κ1) is 20.9. The maximum atomic E-state index is 13.4. The number of sulfone groups is 1. The topological polar surface area (TPSA) is 99.1 Å². The highest BCUT2D eigenvalue weighted by Gasteiger charge is 2.43. The second-order valence-corrected chi connectivity index (χ2v) is 7.76. The van der Waals surface area contributed by atoms with Crippen LogP contribution in [0, 0.1) is 18.3 Å². The van der Waals surface area contributed by atoms with Crippen LogP contribution in [-0.2, 0) is 14.6 Å². The van der Waals surface area contributed by atoms with Crippen LogP contribution in [-0.4, -0.2) is 45.1 Å². The van der Waals surface area contributed by atoms with Gasteiger partial charge in [0.25, 0.3) is 0 Å². The summed E-state index contributed by atoms with van der Waals surface area (Å²) in [5, 5.41) is 12.6. The van der Waals surface area contributed by atoms with Crippen LogP contribution >= 0.6 is 0 Å². The maximum absolute atomic E-state index is 13.4. The van der Waals surface area contributed by atoms with E-state index in [1.807, 2.05) is 0 Å². The number of carbonyl (C=O) groups is 1. The Morgan fingerprint density at radius 3 is 2.28 bits per heavy atom. The lowest BCUT2D eigenvalue weighted by molar-refractivity contribution is -0.160. The molecule has 0 saturated carbocycles. The van der Waals surface area contributed by atoms with E-state index in [-0.39, 0.29) is 5.56 Å². The predicted octanol–water partition coefficient (Wildman–Crippen LogP) is 1.24. The number of carbonyl (C=O) groups excluding carboxylic acids is 1. The Labute approximate surface area is 143 Å². The van der Waals surface area contributed by atoms with Gasteiger partial charge < -0.3 is 5.32 Å². The summed E-state index contributed by atoms with van der Waals surface area (Å²) in [5.74, 6) is -1.82. The normalized spacial score (nSPS) is 14.4. The zero-order chi connectivity index (χ0) is 19.3. The highest BCUT2D eigenvalue weighted by atomic mass is 32.2. The van der Waals surface area contributed by atoms with Gasteiger partial charge >= 0.3 is 6.18 Å². The van der Waals surface area contributed by atoms with Crippen molar-refractivity contribution >= 4 is 15.7 Å². The molecule has 0 aliphatic heterocycles. The molecular weight excluding hydrogens is 359 g/mol. The second kappa shape index (κ2) is 8.31. The molecule has 2 atom stereocenters. The third-order valence-electron chi connectivity index (χ3n) is 3.23. The molecule has 0 spiro atoms. The average Bonchev–Trinajstić information content (AvgIpc) is 2.47. The number of hydrogen-bond donors (Lipinski definition) is 2. The Kier molecular flexibility index (Phi) is 6.96. The molecule has 0 saturated heterocycles. The maximum Gasteiger partial charge on any atom is 0.407 e. The summed E-state index contributed by atoms with van der Waals surface area (Å²) < 4.78 is 63.2. The molecule has 0 aliphatic rings. The molecule has 0 aliphatic carbocycles. The SMILES string of the molecule is Cc1ccc(C(NC(CS(C)(=O)=O)C(=O)NCC#N)C(F)(F)F)cc1. The third kappa shape index (κ3) is 7.11. The van der Waals surface area contributed by atoms with Crippen molar-refractivity contribution < 1.29 is 26.4 Å². The molecule has 2 unspecified atom stereocenters. The van der Waals surface area contributed by atoms with Gasteiger partial charge in [0.2, 0.25) is 5.91 Å². The summed E-state index contributed by atoms with van der Waals surface area (Å²) in [6.45, 7) is 1.27. The van der Waals surface area contributed by atoms with Gasteiger partial charge in [0.15, 0.2) is 0 Å². The van der Waals surface area contributed by atoms with Crippen molar-refractivity contribution in [2.24, 2.45) is 0 Å². The van der Waals surface area contributed by atoms with E-state index in [4.69, 9.17) is 5.26 Å². The van der Waals surface area contributed by atoms with Crippen molar-refractivity contribution in [3.63, 3.8) is 0 Å². The Bertz CT molecular complexity index is 740. The number of amides is 1. The fraction of sp³-hybridized carbons (Fsp3) is 0.467. The van der Waals surface area contributed by atoms with Gasteiger partial charge in [-0.1, -0.05) is 29.8 Å². The lowest BCUT2D eigenvalue weighted by atomic mass is 10.0. The summed E-state index contributed by atoms with van der Waals surface area (Å²) in [5.41, 5.74) is 0.605. The number of rotatable bonds is 7.